The predicted molar refractivity (Wildman–Crippen MR) is 26.2 cm³/mol. The molecule has 0 heteroatoms. The summed E-state index contributed by atoms with van der Waals surface area (Å²) in [6.07, 6.45) is 11.0. The molecular formula is C6H8. The Bertz CT molecular complexity index is 45.1. The first kappa shape index (κ1) is 3.91. The maximum Gasteiger partial charge on any atom is -0.0130 e. The Labute approximate surface area is 38.9 Å². The van der Waals surface area contributed by atoms with Crippen LogP contribution in [0.15, 0.2) is 12.2 Å². The van der Waals surface area contributed by atoms with Gasteiger partial charge in [0.1, 0.15) is 0 Å². The minimum Gasteiger partial charge on any atom is -0.0885 e. The van der Waals surface area contributed by atoms with Crippen LogP contribution in [0.25, 0.3) is 0 Å². The Kier molecular flexibility index (Phi) is 1.31. The van der Waals surface area contributed by atoms with Crippen LogP contribution in [0, 0.1) is 6.42 Å². The highest BCUT2D eigenvalue weighted by Crippen LogP contribution is 2.05. The molecule has 0 aromatic heterocycles. The molecular weight excluding hydrogens is 72.1 g/mol. The van der Waals surface area contributed by atoms with Gasteiger partial charge in [0.2, 0.25) is 0 Å². The molecule has 0 atom stereocenters. The first-order valence-electron chi connectivity index (χ1n) is 2.36. The van der Waals surface area contributed by atoms with Crippen LogP contribution >= 0.6 is 0 Å². The van der Waals surface area contributed by atoms with Crippen molar-refractivity contribution in [3.63, 3.8) is 0 Å². The molecule has 0 aromatic rings. The zero-order valence-electron chi connectivity index (χ0n) is 3.78. The van der Waals surface area contributed by atoms with Crippen molar-refractivity contribution in [3.8, 4) is 0 Å². The number of allylic oxidation sites excluding steroid dienone is 2. The zero-order chi connectivity index (χ0) is 4.24. The average molecular weight is 80.1 g/mol. The smallest absolute Gasteiger partial charge is 0.0130 e. The maximum atomic E-state index is 3.20. The van der Waals surface area contributed by atoms with Gasteiger partial charge in [0.15, 0.2) is 0 Å². The molecule has 6 heavy (non-hydrogen) atoms. The molecule has 0 aromatic carbocycles. The van der Waals surface area contributed by atoms with Gasteiger partial charge in [-0.1, -0.05) is 12.2 Å². The third-order valence-electron chi connectivity index (χ3n) is 0.917. The van der Waals surface area contributed by atoms with Gasteiger partial charge in [0.05, 0.1) is 0 Å². The van der Waals surface area contributed by atoms with Crippen LogP contribution in [0.3, 0.4) is 0 Å². The van der Waals surface area contributed by atoms with Crippen molar-refractivity contribution >= 4 is 0 Å². The molecule has 2 radical (unpaired) electrons. The molecule has 1 rings (SSSR count). The highest BCUT2D eigenvalue weighted by Gasteiger charge is 1.88. The van der Waals surface area contributed by atoms with Crippen LogP contribution in [0.1, 0.15) is 19.3 Å². The summed E-state index contributed by atoms with van der Waals surface area (Å²) in [6, 6.07) is 0. The van der Waals surface area contributed by atoms with Gasteiger partial charge >= 0.3 is 0 Å². The van der Waals surface area contributed by atoms with Gasteiger partial charge in [-0.25, -0.2) is 0 Å². The first-order chi connectivity index (χ1) is 3.00. The van der Waals surface area contributed by atoms with Gasteiger partial charge in [-0.05, 0) is 25.7 Å². The number of rotatable bonds is 0. The minimum atomic E-state index is 1.07. The van der Waals surface area contributed by atoms with E-state index in [1.54, 1.807) is 0 Å². The summed E-state index contributed by atoms with van der Waals surface area (Å²) in [4.78, 5) is 0. The van der Waals surface area contributed by atoms with Crippen molar-refractivity contribution in [2.75, 3.05) is 0 Å². The Hall–Kier alpha value is -0.260. The quantitative estimate of drug-likeness (QED) is 0.389. The molecule has 0 heterocycles. The molecule has 1 aliphatic rings. The van der Waals surface area contributed by atoms with E-state index in [1.807, 2.05) is 0 Å². The highest BCUT2D eigenvalue weighted by molar-refractivity contribution is 4.93. The van der Waals surface area contributed by atoms with Gasteiger partial charge < -0.3 is 0 Å². The molecule has 0 N–H and O–H groups in total. The second-order valence-corrected chi connectivity index (χ2v) is 1.46. The Morgan fingerprint density at radius 3 is 2.50 bits per heavy atom. The van der Waals surface area contributed by atoms with Crippen LogP contribution < -0.4 is 0 Å². The van der Waals surface area contributed by atoms with Crippen molar-refractivity contribution in [1.29, 1.82) is 0 Å². The summed E-state index contributed by atoms with van der Waals surface area (Å²) in [5.41, 5.74) is 0. The van der Waals surface area contributed by atoms with Crippen LogP contribution in [0.2, 0.25) is 0 Å². The molecule has 0 bridgehead atoms. The molecule has 0 amide bonds. The molecule has 0 nitrogen and oxygen atoms in total. The van der Waals surface area contributed by atoms with Gasteiger partial charge in [0.25, 0.3) is 0 Å². The lowest BCUT2D eigenvalue weighted by atomic mass is 10.1. The molecule has 0 spiro atoms. The molecule has 0 fully saturated rings. The second kappa shape index (κ2) is 2.01. The average Bonchev–Trinajstić information content (AvgIpc) is 1.72. The zero-order valence-corrected chi connectivity index (χ0v) is 3.78. The fraction of sp³-hybridized carbons (Fsp3) is 0.500. The standard InChI is InChI=1S/C6H8/c1-2-4-6-5-3-1/h1-2H,3-5H2. The fourth-order valence-electron chi connectivity index (χ4n) is 0.572. The van der Waals surface area contributed by atoms with Gasteiger partial charge in [-0.3, -0.25) is 0 Å². The van der Waals surface area contributed by atoms with Crippen molar-refractivity contribution in [2.24, 2.45) is 0 Å². The maximum absolute atomic E-state index is 3.20. The SMILES string of the molecule is [C]1CC=CCC1. The third-order valence-corrected chi connectivity index (χ3v) is 0.917. The first-order valence-corrected chi connectivity index (χ1v) is 2.36. The van der Waals surface area contributed by atoms with E-state index in [-0.39, 0.29) is 0 Å². The van der Waals surface area contributed by atoms with E-state index in [1.165, 1.54) is 6.42 Å². The normalized spacial score (nSPS) is 21.3. The van der Waals surface area contributed by atoms with Crippen molar-refractivity contribution in [2.45, 2.75) is 19.3 Å². The fourth-order valence-corrected chi connectivity index (χ4v) is 0.572. The Morgan fingerprint density at radius 1 is 1.33 bits per heavy atom. The van der Waals surface area contributed by atoms with Gasteiger partial charge in [0, 0.05) is 0 Å². The topological polar surface area (TPSA) is 0 Å². The molecule has 0 unspecified atom stereocenters. The van der Waals surface area contributed by atoms with Crippen molar-refractivity contribution in [1.82, 2.24) is 0 Å². The predicted octanol–water partition coefficient (Wildman–Crippen LogP) is 1.81. The van der Waals surface area contributed by atoms with Crippen molar-refractivity contribution in [3.05, 3.63) is 18.6 Å². The van der Waals surface area contributed by atoms with E-state index in [2.05, 4.69) is 18.6 Å². The highest BCUT2D eigenvalue weighted by atomic mass is 13.9. The minimum absolute atomic E-state index is 1.07. The lowest BCUT2D eigenvalue weighted by molar-refractivity contribution is 0.893. The monoisotopic (exact) mass is 80.1 g/mol. The summed E-state index contributed by atoms with van der Waals surface area (Å²) in [5, 5.41) is 0. The van der Waals surface area contributed by atoms with Gasteiger partial charge in [-0.2, -0.15) is 0 Å². The van der Waals surface area contributed by atoms with Crippen LogP contribution in [0.5, 0.6) is 0 Å². The summed E-state index contributed by atoms with van der Waals surface area (Å²) < 4.78 is 0. The summed E-state index contributed by atoms with van der Waals surface area (Å²) in [7, 11) is 0. The van der Waals surface area contributed by atoms with Crippen LogP contribution in [-0.4, -0.2) is 0 Å². The molecule has 0 saturated heterocycles. The Morgan fingerprint density at radius 2 is 2.33 bits per heavy atom. The van der Waals surface area contributed by atoms with Gasteiger partial charge in [-0.15, -0.1) is 0 Å². The molecule has 0 aliphatic heterocycles. The van der Waals surface area contributed by atoms with E-state index < -0.39 is 0 Å². The van der Waals surface area contributed by atoms with E-state index in [0.717, 1.165) is 12.8 Å². The second-order valence-electron chi connectivity index (χ2n) is 1.46. The van der Waals surface area contributed by atoms with E-state index in [0.29, 0.717) is 0 Å². The largest absolute Gasteiger partial charge is 0.0885 e. The van der Waals surface area contributed by atoms with Crippen LogP contribution in [-0.2, 0) is 0 Å². The van der Waals surface area contributed by atoms with E-state index in [4.69, 9.17) is 0 Å². The molecule has 0 saturated carbocycles. The lowest BCUT2D eigenvalue weighted by Gasteiger charge is -1.96. The summed E-state index contributed by atoms with van der Waals surface area (Å²) >= 11 is 0. The van der Waals surface area contributed by atoms with E-state index in [9.17, 15) is 0 Å². The Balaban J connectivity index is 2.26. The van der Waals surface area contributed by atoms with Crippen molar-refractivity contribution < 1.29 is 0 Å². The molecule has 32 valence electrons. The summed E-state index contributed by atoms with van der Waals surface area (Å²) in [6.45, 7) is 0. The number of hydrogen-bond acceptors (Lipinski definition) is 0. The summed E-state index contributed by atoms with van der Waals surface area (Å²) in [5.74, 6) is 0. The number of hydrogen-bond donors (Lipinski definition) is 0. The third kappa shape index (κ3) is 0.852. The van der Waals surface area contributed by atoms with Crippen LogP contribution in [0.4, 0.5) is 0 Å². The van der Waals surface area contributed by atoms with E-state index >= 15 is 0 Å². The molecule has 1 aliphatic carbocycles. The lowest BCUT2D eigenvalue weighted by Crippen LogP contribution is -1.78.